The molecule has 1 fully saturated rings. The minimum atomic E-state index is -4.47. The van der Waals surface area contributed by atoms with Crippen LogP contribution in [0, 0.1) is 5.41 Å². The van der Waals surface area contributed by atoms with Gasteiger partial charge in [0.25, 0.3) is 0 Å². The van der Waals surface area contributed by atoms with Crippen molar-refractivity contribution in [1.82, 2.24) is 5.32 Å². The first-order valence-electron chi connectivity index (χ1n) is 6.01. The average molecular weight is 272 g/mol. The zero-order valence-corrected chi connectivity index (χ0v) is 10.5. The van der Waals surface area contributed by atoms with E-state index in [1.54, 1.807) is 6.92 Å². The molecule has 104 valence electrons. The summed E-state index contributed by atoms with van der Waals surface area (Å²) in [6, 6.07) is 5.01. The van der Waals surface area contributed by atoms with Crippen LogP contribution >= 0.6 is 0 Å². The minimum Gasteiger partial charge on any atom is -0.325 e. The molecule has 3 nitrogen and oxygen atoms in total. The number of rotatable bonds is 2. The van der Waals surface area contributed by atoms with E-state index in [1.807, 2.05) is 0 Å². The van der Waals surface area contributed by atoms with Crippen LogP contribution in [0.2, 0.25) is 0 Å². The summed E-state index contributed by atoms with van der Waals surface area (Å²) < 4.78 is 38.4. The number of carbonyl (C=O) groups is 1. The summed E-state index contributed by atoms with van der Waals surface area (Å²) in [6.07, 6.45) is -3.86. The number of carbonyl (C=O) groups excluding carboxylic acids is 1. The summed E-state index contributed by atoms with van der Waals surface area (Å²) in [5, 5.41) is 5.44. The Kier molecular flexibility index (Phi) is 3.54. The van der Waals surface area contributed by atoms with Gasteiger partial charge in [0, 0.05) is 6.54 Å². The number of halogens is 3. The molecular formula is C13H15F3N2O. The van der Waals surface area contributed by atoms with E-state index in [4.69, 9.17) is 0 Å². The Bertz CT molecular complexity index is 479. The van der Waals surface area contributed by atoms with Gasteiger partial charge >= 0.3 is 6.18 Å². The van der Waals surface area contributed by atoms with Crippen molar-refractivity contribution in [3.63, 3.8) is 0 Å². The quantitative estimate of drug-likeness (QED) is 0.869. The maximum atomic E-state index is 12.8. The van der Waals surface area contributed by atoms with Crippen molar-refractivity contribution in [2.45, 2.75) is 19.5 Å². The summed E-state index contributed by atoms with van der Waals surface area (Å²) in [4.78, 5) is 12.1. The fourth-order valence-electron chi connectivity index (χ4n) is 2.12. The molecule has 19 heavy (non-hydrogen) atoms. The van der Waals surface area contributed by atoms with Gasteiger partial charge in [-0.25, -0.2) is 0 Å². The number of nitrogens with one attached hydrogen (secondary N) is 2. The predicted molar refractivity (Wildman–Crippen MR) is 65.7 cm³/mol. The second-order valence-corrected chi connectivity index (χ2v) is 4.98. The van der Waals surface area contributed by atoms with E-state index in [2.05, 4.69) is 10.6 Å². The summed E-state index contributed by atoms with van der Waals surface area (Å²) in [7, 11) is 0. The molecule has 1 unspecified atom stereocenters. The van der Waals surface area contributed by atoms with Gasteiger partial charge in [-0.15, -0.1) is 0 Å². The highest BCUT2D eigenvalue weighted by Crippen LogP contribution is 2.35. The van der Waals surface area contributed by atoms with Crippen LogP contribution < -0.4 is 10.6 Å². The third-order valence-corrected chi connectivity index (χ3v) is 3.40. The molecule has 0 saturated carbocycles. The number of alkyl halides is 3. The van der Waals surface area contributed by atoms with Gasteiger partial charge in [0.15, 0.2) is 0 Å². The number of hydrogen-bond donors (Lipinski definition) is 2. The summed E-state index contributed by atoms with van der Waals surface area (Å²) in [5.74, 6) is -0.380. The lowest BCUT2D eigenvalue weighted by molar-refractivity contribution is -0.137. The highest BCUT2D eigenvalue weighted by atomic mass is 19.4. The monoisotopic (exact) mass is 272 g/mol. The first kappa shape index (κ1) is 13.9. The summed E-state index contributed by atoms with van der Waals surface area (Å²) in [6.45, 7) is 2.93. The molecule has 1 amide bonds. The third-order valence-electron chi connectivity index (χ3n) is 3.40. The maximum Gasteiger partial charge on any atom is 0.418 e. The molecule has 1 aromatic carbocycles. The van der Waals surface area contributed by atoms with Gasteiger partial charge in [0.1, 0.15) is 0 Å². The van der Waals surface area contributed by atoms with E-state index < -0.39 is 17.2 Å². The second-order valence-electron chi connectivity index (χ2n) is 4.98. The zero-order valence-electron chi connectivity index (χ0n) is 10.5. The zero-order chi connectivity index (χ0) is 14.1. The molecule has 1 aromatic rings. The number of para-hydroxylation sites is 1. The molecule has 1 heterocycles. The van der Waals surface area contributed by atoms with Crippen LogP contribution in [0.15, 0.2) is 24.3 Å². The fraction of sp³-hybridized carbons (Fsp3) is 0.462. The second kappa shape index (κ2) is 4.85. The van der Waals surface area contributed by atoms with Gasteiger partial charge in [0.05, 0.1) is 16.7 Å². The SMILES string of the molecule is CC1(C(=O)Nc2ccccc2C(F)(F)F)CCNC1. The first-order valence-corrected chi connectivity index (χ1v) is 6.01. The lowest BCUT2D eigenvalue weighted by Crippen LogP contribution is -2.35. The molecular weight excluding hydrogens is 257 g/mol. The van der Waals surface area contributed by atoms with Gasteiger partial charge in [-0.3, -0.25) is 4.79 Å². The van der Waals surface area contributed by atoms with E-state index in [-0.39, 0.29) is 11.6 Å². The van der Waals surface area contributed by atoms with Crippen molar-refractivity contribution in [3.8, 4) is 0 Å². The van der Waals surface area contributed by atoms with E-state index in [0.29, 0.717) is 19.5 Å². The molecule has 1 atom stereocenters. The van der Waals surface area contributed by atoms with Crippen molar-refractivity contribution in [1.29, 1.82) is 0 Å². The number of anilines is 1. The Hall–Kier alpha value is -1.56. The molecule has 1 aliphatic heterocycles. The highest BCUT2D eigenvalue weighted by Gasteiger charge is 2.38. The summed E-state index contributed by atoms with van der Waals surface area (Å²) in [5.41, 5.74) is -1.66. The largest absolute Gasteiger partial charge is 0.418 e. The van der Waals surface area contributed by atoms with Crippen LogP contribution in [0.25, 0.3) is 0 Å². The Morgan fingerprint density at radius 1 is 1.37 bits per heavy atom. The fourth-order valence-corrected chi connectivity index (χ4v) is 2.12. The van der Waals surface area contributed by atoms with Crippen molar-refractivity contribution < 1.29 is 18.0 Å². The maximum absolute atomic E-state index is 12.8. The van der Waals surface area contributed by atoms with E-state index in [1.165, 1.54) is 18.2 Å². The third kappa shape index (κ3) is 2.89. The van der Waals surface area contributed by atoms with E-state index >= 15 is 0 Å². The Morgan fingerprint density at radius 3 is 2.63 bits per heavy atom. The molecule has 1 saturated heterocycles. The lowest BCUT2D eigenvalue weighted by Gasteiger charge is -2.23. The molecule has 1 aliphatic rings. The molecule has 0 bridgehead atoms. The van der Waals surface area contributed by atoms with Gasteiger partial charge < -0.3 is 10.6 Å². The molecule has 0 radical (unpaired) electrons. The van der Waals surface area contributed by atoms with Crippen LogP contribution in [0.4, 0.5) is 18.9 Å². The van der Waals surface area contributed by atoms with E-state index in [9.17, 15) is 18.0 Å². The normalized spacial score (nSPS) is 23.4. The van der Waals surface area contributed by atoms with Gasteiger partial charge in [-0.2, -0.15) is 13.2 Å². The Labute approximate surface area is 109 Å². The topological polar surface area (TPSA) is 41.1 Å². The first-order chi connectivity index (χ1) is 8.83. The Morgan fingerprint density at radius 2 is 2.05 bits per heavy atom. The molecule has 2 N–H and O–H groups in total. The smallest absolute Gasteiger partial charge is 0.325 e. The molecule has 0 aliphatic carbocycles. The molecule has 2 rings (SSSR count). The highest BCUT2D eigenvalue weighted by molar-refractivity contribution is 5.96. The number of benzene rings is 1. The van der Waals surface area contributed by atoms with Crippen molar-refractivity contribution in [2.75, 3.05) is 18.4 Å². The Balaban J connectivity index is 2.22. The lowest BCUT2D eigenvalue weighted by atomic mass is 9.88. The number of hydrogen-bond acceptors (Lipinski definition) is 2. The van der Waals surface area contributed by atoms with E-state index in [0.717, 1.165) is 6.07 Å². The minimum absolute atomic E-state index is 0.187. The molecule has 6 heteroatoms. The molecule has 0 aromatic heterocycles. The molecule has 0 spiro atoms. The van der Waals surface area contributed by atoms with Gasteiger partial charge in [0.2, 0.25) is 5.91 Å². The average Bonchev–Trinajstić information content (AvgIpc) is 2.77. The van der Waals surface area contributed by atoms with Gasteiger partial charge in [-0.1, -0.05) is 12.1 Å². The van der Waals surface area contributed by atoms with Crippen LogP contribution in [0.5, 0.6) is 0 Å². The van der Waals surface area contributed by atoms with Gasteiger partial charge in [-0.05, 0) is 32.0 Å². The summed E-state index contributed by atoms with van der Waals surface area (Å²) >= 11 is 0. The van der Waals surface area contributed by atoms with Crippen LogP contribution in [0.1, 0.15) is 18.9 Å². The van der Waals surface area contributed by atoms with Crippen LogP contribution in [0.3, 0.4) is 0 Å². The van der Waals surface area contributed by atoms with Crippen molar-refractivity contribution >= 4 is 11.6 Å². The van der Waals surface area contributed by atoms with Crippen molar-refractivity contribution in [3.05, 3.63) is 29.8 Å². The predicted octanol–water partition coefficient (Wildman–Crippen LogP) is 2.64. The standard InChI is InChI=1S/C13H15F3N2O/c1-12(6-7-17-8-12)11(19)18-10-5-3-2-4-9(10)13(14,15)16/h2-5,17H,6-8H2,1H3,(H,18,19). The van der Waals surface area contributed by atoms with Crippen LogP contribution in [-0.2, 0) is 11.0 Å². The van der Waals surface area contributed by atoms with Crippen molar-refractivity contribution in [2.24, 2.45) is 5.41 Å². The van der Waals surface area contributed by atoms with Crippen LogP contribution in [-0.4, -0.2) is 19.0 Å². The number of amides is 1.